The van der Waals surface area contributed by atoms with Gasteiger partial charge in [0.1, 0.15) is 19.3 Å². The predicted molar refractivity (Wildman–Crippen MR) is 344 cm³/mol. The summed E-state index contributed by atoms with van der Waals surface area (Å²) in [6.45, 7) is 11.7. The molecule has 86 heavy (non-hydrogen) atoms. The molecule has 0 spiro atoms. The molecule has 0 aromatic heterocycles. The number of aliphatic hydroxyl groups is 1. The molecule has 19 heteroatoms. The molecule has 0 rings (SSSR count). The van der Waals surface area contributed by atoms with E-state index in [1.807, 2.05) is 0 Å². The van der Waals surface area contributed by atoms with E-state index in [9.17, 15) is 43.2 Å². The molecule has 17 nitrogen and oxygen atoms in total. The number of ether oxygens (including phenoxy) is 4. The first-order valence-corrected chi connectivity index (χ1v) is 37.9. The molecule has 0 bridgehead atoms. The molecule has 3 N–H and O–H groups in total. The zero-order chi connectivity index (χ0) is 63.8. The monoisotopic (exact) mass is 1270 g/mol. The summed E-state index contributed by atoms with van der Waals surface area (Å²) in [4.78, 5) is 72.1. The molecule has 0 aromatic rings. The summed E-state index contributed by atoms with van der Waals surface area (Å²) in [6, 6.07) is 0. The SMILES string of the molecule is CCCCCCCC(=O)OC[C@H](COP(=O)(O)OC[C@H](O)COP(=O)(O)OC[C@@H](COC(=O)CCCCCCCCCCCCC(C)C)OC(=O)CCCCCCCCCCCCCCCCC(C)CC)OC(=O)CCCCCCCCC(C)CC. The van der Waals surface area contributed by atoms with Crippen LogP contribution >= 0.6 is 15.6 Å². The zero-order valence-corrected chi connectivity index (χ0v) is 57.6. The molecule has 0 radical (unpaired) electrons. The Balaban J connectivity index is 5.17. The summed E-state index contributed by atoms with van der Waals surface area (Å²) in [6.07, 6.45) is 40.7. The highest BCUT2D eigenvalue weighted by atomic mass is 31.2. The molecule has 7 atom stereocenters. The van der Waals surface area contributed by atoms with Crippen molar-refractivity contribution >= 4 is 39.5 Å². The van der Waals surface area contributed by atoms with E-state index >= 15 is 0 Å². The maximum atomic E-state index is 13.0. The summed E-state index contributed by atoms with van der Waals surface area (Å²) in [5, 5.41) is 10.5. The van der Waals surface area contributed by atoms with Gasteiger partial charge >= 0.3 is 39.5 Å². The summed E-state index contributed by atoms with van der Waals surface area (Å²) in [5.74, 6) is 0.181. The fourth-order valence-electron chi connectivity index (χ4n) is 9.95. The molecule has 0 aliphatic rings. The Morgan fingerprint density at radius 2 is 0.593 bits per heavy atom. The highest BCUT2D eigenvalue weighted by Gasteiger charge is 2.30. The van der Waals surface area contributed by atoms with Crippen molar-refractivity contribution in [3.8, 4) is 0 Å². The van der Waals surface area contributed by atoms with Gasteiger partial charge in [-0.1, -0.05) is 280 Å². The van der Waals surface area contributed by atoms with Gasteiger partial charge in [0, 0.05) is 25.7 Å². The van der Waals surface area contributed by atoms with E-state index in [4.69, 9.17) is 37.0 Å². The third-order valence-corrected chi connectivity index (χ3v) is 18.0. The van der Waals surface area contributed by atoms with E-state index < -0.39 is 97.5 Å². The standard InChI is InChI=1S/C67H130O17P2/c1-8-11-12-31-41-48-64(69)77-54-62(84-67(72)51-44-37-30-29-34-40-47-60(7)10-3)56-81-85(73,74)79-52-61(68)53-80-86(75,76)82-57-63(55-78-65(70)49-42-35-27-23-20-19-21-25-32-38-45-58(4)5)83-66(71)50-43-36-28-24-18-16-14-13-15-17-22-26-33-39-46-59(6)9-2/h58-63,68H,8-57H2,1-7H3,(H,73,74)(H,75,76)/t59?,60?,61-,62+,63+/m0/s1. The highest BCUT2D eigenvalue weighted by Crippen LogP contribution is 2.45. The minimum absolute atomic E-state index is 0.102. The maximum absolute atomic E-state index is 13.0. The van der Waals surface area contributed by atoms with E-state index in [-0.39, 0.29) is 25.7 Å². The second kappa shape index (κ2) is 58.2. The van der Waals surface area contributed by atoms with Crippen molar-refractivity contribution in [2.24, 2.45) is 17.8 Å². The van der Waals surface area contributed by atoms with Gasteiger partial charge in [-0.3, -0.25) is 37.3 Å². The van der Waals surface area contributed by atoms with Gasteiger partial charge in [0.25, 0.3) is 0 Å². The van der Waals surface area contributed by atoms with E-state index in [1.54, 1.807) is 0 Å². The number of carbonyl (C=O) groups is 4. The fraction of sp³-hybridized carbons (Fsp3) is 0.940. The Morgan fingerprint density at radius 3 is 0.884 bits per heavy atom. The second-order valence-electron chi connectivity index (χ2n) is 25.2. The minimum Gasteiger partial charge on any atom is -0.462 e. The van der Waals surface area contributed by atoms with Crippen LogP contribution in [0.15, 0.2) is 0 Å². The molecule has 4 unspecified atom stereocenters. The average Bonchev–Trinajstić information content (AvgIpc) is 3.70. The molecule has 510 valence electrons. The number of aliphatic hydroxyl groups excluding tert-OH is 1. The van der Waals surface area contributed by atoms with Gasteiger partial charge in [-0.2, -0.15) is 0 Å². The van der Waals surface area contributed by atoms with Gasteiger partial charge in [0.05, 0.1) is 26.4 Å². The van der Waals surface area contributed by atoms with Crippen molar-refractivity contribution in [1.82, 2.24) is 0 Å². The van der Waals surface area contributed by atoms with Crippen LogP contribution in [0.4, 0.5) is 0 Å². The number of rotatable bonds is 65. The van der Waals surface area contributed by atoms with Crippen LogP contribution in [0.2, 0.25) is 0 Å². The van der Waals surface area contributed by atoms with Crippen molar-refractivity contribution in [3.63, 3.8) is 0 Å². The topological polar surface area (TPSA) is 237 Å². The van der Waals surface area contributed by atoms with Crippen molar-refractivity contribution in [2.75, 3.05) is 39.6 Å². The van der Waals surface area contributed by atoms with E-state index in [1.165, 1.54) is 135 Å². The molecule has 0 aliphatic carbocycles. The lowest BCUT2D eigenvalue weighted by atomic mass is 9.99. The number of hydrogen-bond donors (Lipinski definition) is 3. The van der Waals surface area contributed by atoms with Crippen molar-refractivity contribution < 1.29 is 80.2 Å². The number of unbranched alkanes of at least 4 members (excludes halogenated alkanes) is 31. The largest absolute Gasteiger partial charge is 0.472 e. The molecular weight excluding hydrogens is 1140 g/mol. The van der Waals surface area contributed by atoms with Crippen LogP contribution in [0.25, 0.3) is 0 Å². The summed E-state index contributed by atoms with van der Waals surface area (Å²) < 4.78 is 67.9. The Morgan fingerprint density at radius 1 is 0.337 bits per heavy atom. The van der Waals surface area contributed by atoms with Gasteiger partial charge < -0.3 is 33.8 Å². The van der Waals surface area contributed by atoms with Gasteiger partial charge in [0.2, 0.25) is 0 Å². The summed E-state index contributed by atoms with van der Waals surface area (Å²) in [5.41, 5.74) is 0. The van der Waals surface area contributed by atoms with Crippen molar-refractivity contribution in [2.45, 2.75) is 349 Å². The van der Waals surface area contributed by atoms with Crippen LogP contribution in [-0.2, 0) is 65.4 Å². The molecule has 0 aromatic carbocycles. The van der Waals surface area contributed by atoms with E-state index in [2.05, 4.69) is 48.5 Å². The van der Waals surface area contributed by atoms with E-state index in [0.29, 0.717) is 25.7 Å². The zero-order valence-electron chi connectivity index (χ0n) is 55.8. The van der Waals surface area contributed by atoms with Gasteiger partial charge in [0.15, 0.2) is 12.2 Å². The first kappa shape index (κ1) is 84.1. The van der Waals surface area contributed by atoms with Crippen LogP contribution in [0.5, 0.6) is 0 Å². The lowest BCUT2D eigenvalue weighted by molar-refractivity contribution is -0.161. The lowest BCUT2D eigenvalue weighted by Gasteiger charge is -2.21. The summed E-state index contributed by atoms with van der Waals surface area (Å²) in [7, 11) is -9.89. The first-order chi connectivity index (χ1) is 41.3. The molecule has 0 saturated carbocycles. The minimum atomic E-state index is -4.95. The Bertz CT molecular complexity index is 1700. The smallest absolute Gasteiger partial charge is 0.462 e. The molecule has 0 amide bonds. The Hall–Kier alpha value is -1.94. The third kappa shape index (κ3) is 58.4. The van der Waals surface area contributed by atoms with Crippen molar-refractivity contribution in [1.29, 1.82) is 0 Å². The molecule has 0 saturated heterocycles. The third-order valence-electron chi connectivity index (χ3n) is 16.1. The number of hydrogen-bond acceptors (Lipinski definition) is 15. The van der Waals surface area contributed by atoms with Gasteiger partial charge in [-0.25, -0.2) is 9.13 Å². The van der Waals surface area contributed by atoms with E-state index in [0.717, 1.165) is 114 Å². The van der Waals surface area contributed by atoms with Crippen LogP contribution < -0.4 is 0 Å². The number of phosphoric ester groups is 2. The van der Waals surface area contributed by atoms with Gasteiger partial charge in [-0.15, -0.1) is 0 Å². The average molecular weight is 1270 g/mol. The second-order valence-corrected chi connectivity index (χ2v) is 28.1. The molecule has 0 fully saturated rings. The maximum Gasteiger partial charge on any atom is 0.472 e. The van der Waals surface area contributed by atoms with Crippen molar-refractivity contribution in [3.05, 3.63) is 0 Å². The van der Waals surface area contributed by atoms with Gasteiger partial charge in [-0.05, 0) is 43.4 Å². The molecular formula is C67H130O17P2. The Labute approximate surface area is 524 Å². The first-order valence-electron chi connectivity index (χ1n) is 34.9. The van der Waals surface area contributed by atoms with Crippen LogP contribution in [0.3, 0.4) is 0 Å². The number of carbonyl (C=O) groups excluding carboxylic acids is 4. The fourth-order valence-corrected chi connectivity index (χ4v) is 11.5. The molecule has 0 aliphatic heterocycles. The van der Waals surface area contributed by atoms with Crippen LogP contribution in [0.1, 0.15) is 331 Å². The Kier molecular flexibility index (Phi) is 56.9. The number of phosphoric acid groups is 2. The lowest BCUT2D eigenvalue weighted by Crippen LogP contribution is -2.30. The molecule has 0 heterocycles. The van der Waals surface area contributed by atoms with Crippen LogP contribution in [0, 0.1) is 17.8 Å². The number of esters is 4. The highest BCUT2D eigenvalue weighted by molar-refractivity contribution is 7.47. The quantitative estimate of drug-likeness (QED) is 0.0222. The summed E-state index contributed by atoms with van der Waals surface area (Å²) >= 11 is 0. The predicted octanol–water partition coefficient (Wildman–Crippen LogP) is 18.7. The van der Waals surface area contributed by atoms with Crippen LogP contribution in [-0.4, -0.2) is 96.7 Å². The normalized spacial score (nSPS) is 14.9.